The van der Waals surface area contributed by atoms with E-state index in [-0.39, 0.29) is 12.6 Å². The highest BCUT2D eigenvalue weighted by molar-refractivity contribution is 7.85. The molecule has 0 amide bonds. The summed E-state index contributed by atoms with van der Waals surface area (Å²) >= 11 is 0. The molecule has 9 nitrogen and oxygen atoms in total. The Bertz CT molecular complexity index is 769. The van der Waals surface area contributed by atoms with Crippen molar-refractivity contribution in [3.63, 3.8) is 0 Å². The van der Waals surface area contributed by atoms with Crippen LogP contribution in [0.5, 0.6) is 0 Å². The molecule has 0 aliphatic carbocycles. The lowest BCUT2D eigenvalue weighted by molar-refractivity contribution is -0.140. The van der Waals surface area contributed by atoms with Crippen molar-refractivity contribution >= 4 is 21.8 Å². The molecule has 0 fully saturated rings. The van der Waals surface area contributed by atoms with Crippen molar-refractivity contribution in [2.24, 2.45) is 0 Å². The second kappa shape index (κ2) is 16.0. The van der Waals surface area contributed by atoms with E-state index in [9.17, 15) is 13.2 Å². The third kappa shape index (κ3) is 13.0. The lowest BCUT2D eigenvalue weighted by Gasteiger charge is -2.26. The predicted octanol–water partition coefficient (Wildman–Crippen LogP) is 2.16. The zero-order valence-electron chi connectivity index (χ0n) is 19.6. The first-order chi connectivity index (χ1) is 15.3. The van der Waals surface area contributed by atoms with E-state index in [2.05, 4.69) is 11.0 Å². The monoisotopic (exact) mass is 475 g/mol. The van der Waals surface area contributed by atoms with Gasteiger partial charge in [-0.05, 0) is 36.1 Å². The highest BCUT2D eigenvalue weighted by atomic mass is 32.2. The van der Waals surface area contributed by atoms with E-state index in [1.807, 2.05) is 19.1 Å². The fraction of sp³-hybridized carbons (Fsp3) is 0.682. The summed E-state index contributed by atoms with van der Waals surface area (Å²) in [6.45, 7) is 5.78. The normalized spacial score (nSPS) is 11.5. The maximum absolute atomic E-state index is 11.5. The van der Waals surface area contributed by atoms with E-state index in [0.29, 0.717) is 59.0 Å². The summed E-state index contributed by atoms with van der Waals surface area (Å²) in [6.07, 6.45) is 2.77. The largest absolute Gasteiger partial charge is 0.469 e. The molecule has 0 aliphatic rings. The highest BCUT2D eigenvalue weighted by Gasteiger charge is 2.12. The van der Waals surface area contributed by atoms with Gasteiger partial charge in [0.05, 0.1) is 53.0 Å². The molecule has 0 N–H and O–H groups in total. The second-order valence-electron chi connectivity index (χ2n) is 7.21. The summed E-state index contributed by atoms with van der Waals surface area (Å²) in [5, 5.41) is 0. The quantitative estimate of drug-likeness (QED) is 0.180. The summed E-state index contributed by atoms with van der Waals surface area (Å²) in [5.74, 6) is -0.251. The van der Waals surface area contributed by atoms with Crippen molar-refractivity contribution < 1.29 is 36.3 Å². The van der Waals surface area contributed by atoms with Gasteiger partial charge >= 0.3 is 5.97 Å². The molecule has 0 unspecified atom stereocenters. The molecule has 184 valence electrons. The summed E-state index contributed by atoms with van der Waals surface area (Å²) in [5.41, 5.74) is 2.77. The standard InChI is InChI=1S/C22H37NO8S/c1-5-19-15-20(18-31-32(4,25)26)17-21(16-19)23(8-6-7-22(24)28-3)9-10-29-13-14-30-12-11-27-2/h15-17H,5-14,18H2,1-4H3. The Morgan fingerprint density at radius 1 is 0.938 bits per heavy atom. The smallest absolute Gasteiger partial charge is 0.305 e. The molecule has 10 heteroatoms. The fourth-order valence-electron chi connectivity index (χ4n) is 2.91. The van der Waals surface area contributed by atoms with Crippen LogP contribution in [0.4, 0.5) is 5.69 Å². The van der Waals surface area contributed by atoms with Gasteiger partial charge in [-0.15, -0.1) is 0 Å². The maximum Gasteiger partial charge on any atom is 0.305 e. The molecule has 0 aliphatic heterocycles. The van der Waals surface area contributed by atoms with Crippen LogP contribution in [-0.4, -0.2) is 81.0 Å². The molecular weight excluding hydrogens is 438 g/mol. The van der Waals surface area contributed by atoms with Crippen LogP contribution in [0, 0.1) is 0 Å². The van der Waals surface area contributed by atoms with Gasteiger partial charge in [0, 0.05) is 32.3 Å². The molecule has 0 spiro atoms. The minimum atomic E-state index is -3.54. The number of esters is 1. The fourth-order valence-corrected chi connectivity index (χ4v) is 3.26. The number of nitrogens with zero attached hydrogens (tertiary/aromatic N) is 1. The van der Waals surface area contributed by atoms with Crippen molar-refractivity contribution in [2.45, 2.75) is 32.8 Å². The molecule has 32 heavy (non-hydrogen) atoms. The number of hydrogen-bond acceptors (Lipinski definition) is 9. The summed E-state index contributed by atoms with van der Waals surface area (Å²) < 4.78 is 48.5. The summed E-state index contributed by atoms with van der Waals surface area (Å²) in [4.78, 5) is 13.6. The van der Waals surface area contributed by atoms with Crippen molar-refractivity contribution in [3.05, 3.63) is 29.3 Å². The number of carbonyl (C=O) groups is 1. The van der Waals surface area contributed by atoms with Crippen LogP contribution in [0.3, 0.4) is 0 Å². The first-order valence-electron chi connectivity index (χ1n) is 10.7. The van der Waals surface area contributed by atoms with E-state index in [1.165, 1.54) is 7.11 Å². The average molecular weight is 476 g/mol. The van der Waals surface area contributed by atoms with Crippen LogP contribution < -0.4 is 4.90 Å². The van der Waals surface area contributed by atoms with Crippen LogP contribution in [0.25, 0.3) is 0 Å². The lowest BCUT2D eigenvalue weighted by Crippen LogP contribution is -2.29. The molecule has 0 radical (unpaired) electrons. The first kappa shape index (κ1) is 28.3. The Hall–Kier alpha value is -1.72. The van der Waals surface area contributed by atoms with E-state index in [4.69, 9.17) is 23.1 Å². The van der Waals surface area contributed by atoms with Gasteiger partial charge in [-0.1, -0.05) is 13.0 Å². The van der Waals surface area contributed by atoms with Gasteiger partial charge in [0.25, 0.3) is 10.1 Å². The molecule has 1 aromatic rings. The molecule has 0 saturated carbocycles. The van der Waals surface area contributed by atoms with Gasteiger partial charge < -0.3 is 23.8 Å². The molecule has 1 rings (SSSR count). The lowest BCUT2D eigenvalue weighted by atomic mass is 10.1. The van der Waals surface area contributed by atoms with Crippen LogP contribution in [0.15, 0.2) is 18.2 Å². The average Bonchev–Trinajstić information content (AvgIpc) is 2.77. The van der Waals surface area contributed by atoms with Crippen molar-refractivity contribution in [2.75, 3.05) is 71.5 Å². The van der Waals surface area contributed by atoms with Crippen molar-refractivity contribution in [1.82, 2.24) is 0 Å². The van der Waals surface area contributed by atoms with Crippen LogP contribution in [0.2, 0.25) is 0 Å². The van der Waals surface area contributed by atoms with Crippen LogP contribution >= 0.6 is 0 Å². The van der Waals surface area contributed by atoms with Crippen molar-refractivity contribution in [3.8, 4) is 0 Å². The van der Waals surface area contributed by atoms with E-state index in [1.54, 1.807) is 7.11 Å². The number of carbonyl (C=O) groups excluding carboxylic acids is 1. The Morgan fingerprint density at radius 3 is 2.22 bits per heavy atom. The predicted molar refractivity (Wildman–Crippen MR) is 122 cm³/mol. The van der Waals surface area contributed by atoms with Gasteiger partial charge in [0.15, 0.2) is 0 Å². The first-order valence-corrected chi connectivity index (χ1v) is 12.5. The van der Waals surface area contributed by atoms with E-state index in [0.717, 1.165) is 29.5 Å². The Labute approximate surface area is 192 Å². The summed E-state index contributed by atoms with van der Waals surface area (Å²) in [6, 6.07) is 5.92. The molecule has 0 saturated heterocycles. The SMILES string of the molecule is CCc1cc(COS(C)(=O)=O)cc(N(CCCC(=O)OC)CCOCCOCCOC)c1. The van der Waals surface area contributed by atoms with Gasteiger partial charge in [0.1, 0.15) is 0 Å². The number of hydrogen-bond donors (Lipinski definition) is 0. The molecular formula is C22H37NO8S. The topological polar surface area (TPSA) is 101 Å². The molecule has 1 aromatic carbocycles. The minimum Gasteiger partial charge on any atom is -0.469 e. The zero-order valence-corrected chi connectivity index (χ0v) is 20.4. The molecule has 0 atom stereocenters. The third-order valence-electron chi connectivity index (χ3n) is 4.60. The Balaban J connectivity index is 2.79. The van der Waals surface area contributed by atoms with Gasteiger partial charge in [-0.25, -0.2) is 0 Å². The number of methoxy groups -OCH3 is 2. The number of benzene rings is 1. The van der Waals surface area contributed by atoms with Crippen molar-refractivity contribution in [1.29, 1.82) is 0 Å². The van der Waals surface area contributed by atoms with E-state index < -0.39 is 10.1 Å². The molecule has 0 aromatic heterocycles. The Kier molecular flexibility index (Phi) is 14.1. The maximum atomic E-state index is 11.5. The number of rotatable bonds is 18. The van der Waals surface area contributed by atoms with Gasteiger partial charge in [0.2, 0.25) is 0 Å². The summed E-state index contributed by atoms with van der Waals surface area (Å²) in [7, 11) is -0.533. The number of aryl methyl sites for hydroxylation is 1. The van der Waals surface area contributed by atoms with Crippen LogP contribution in [-0.2, 0) is 51.1 Å². The third-order valence-corrected chi connectivity index (χ3v) is 5.14. The van der Waals surface area contributed by atoms with E-state index >= 15 is 0 Å². The van der Waals surface area contributed by atoms with Gasteiger partial charge in [-0.3, -0.25) is 8.98 Å². The van der Waals surface area contributed by atoms with Crippen LogP contribution in [0.1, 0.15) is 30.9 Å². The molecule has 0 bridgehead atoms. The number of ether oxygens (including phenoxy) is 4. The highest BCUT2D eigenvalue weighted by Crippen LogP contribution is 2.22. The number of anilines is 1. The van der Waals surface area contributed by atoms with Gasteiger partial charge in [-0.2, -0.15) is 8.42 Å². The Morgan fingerprint density at radius 2 is 1.59 bits per heavy atom. The molecule has 0 heterocycles. The minimum absolute atomic E-state index is 0.0228. The zero-order chi connectivity index (χ0) is 23.8. The second-order valence-corrected chi connectivity index (χ2v) is 8.86.